The van der Waals surface area contributed by atoms with Gasteiger partial charge in [-0.25, -0.2) is 0 Å². The van der Waals surface area contributed by atoms with E-state index in [-0.39, 0.29) is 0 Å². The van der Waals surface area contributed by atoms with Crippen molar-refractivity contribution in [3.8, 4) is 11.5 Å². The van der Waals surface area contributed by atoms with Gasteiger partial charge in [0.2, 0.25) is 0 Å². The van der Waals surface area contributed by atoms with E-state index < -0.39 is 0 Å². The van der Waals surface area contributed by atoms with E-state index in [4.69, 9.17) is 33.9 Å². The molecule has 2 rings (SSSR count). The summed E-state index contributed by atoms with van der Waals surface area (Å²) in [5.41, 5.74) is 0. The van der Waals surface area contributed by atoms with Crippen LogP contribution < -0.4 is 0 Å². The van der Waals surface area contributed by atoms with Crippen LogP contribution in [-0.2, 0) is 23.7 Å². The molecule has 0 aliphatic carbocycles. The lowest BCUT2D eigenvalue weighted by Gasteiger charge is -2.06. The Labute approximate surface area is 185 Å². The molecular weight excluding hydrogens is 400 g/mol. The van der Waals surface area contributed by atoms with Crippen molar-refractivity contribution >= 4 is 0 Å². The number of ether oxygens (including phenoxy) is 5. The summed E-state index contributed by atoms with van der Waals surface area (Å²) < 4.78 is 25.5. The van der Waals surface area contributed by atoms with Crippen LogP contribution in [0.4, 0.5) is 0 Å². The van der Waals surface area contributed by atoms with Gasteiger partial charge in [-0.1, -0.05) is 49.6 Å². The van der Waals surface area contributed by atoms with E-state index in [1.165, 1.54) is 12.5 Å². The second-order valence-electron chi connectivity index (χ2n) is 5.58. The molecule has 2 aromatic carbocycles. The van der Waals surface area contributed by atoms with E-state index in [2.05, 4.69) is 13.2 Å². The lowest BCUT2D eigenvalue weighted by Crippen LogP contribution is -2.12. The van der Waals surface area contributed by atoms with Crippen LogP contribution in [0, 0.1) is 0 Å². The first-order chi connectivity index (χ1) is 15.2. The van der Waals surface area contributed by atoms with Crippen LogP contribution >= 0.6 is 0 Å². The predicted molar refractivity (Wildman–Crippen MR) is 121 cm³/mol. The Morgan fingerprint density at radius 2 is 0.806 bits per heavy atom. The van der Waals surface area contributed by atoms with E-state index in [1.807, 2.05) is 12.1 Å². The molecule has 2 N–H and O–H groups in total. The van der Waals surface area contributed by atoms with Gasteiger partial charge in [-0.3, -0.25) is 0 Å². The Kier molecular flexibility index (Phi) is 21.0. The average molecular weight is 435 g/mol. The van der Waals surface area contributed by atoms with Crippen molar-refractivity contribution in [3.05, 3.63) is 86.3 Å². The Balaban J connectivity index is 0.000000518. The number of rotatable bonds is 14. The second kappa shape index (κ2) is 23.3. The first kappa shape index (κ1) is 28.0. The molecule has 0 heterocycles. The van der Waals surface area contributed by atoms with Crippen LogP contribution in [-0.4, -0.2) is 63.1 Å². The van der Waals surface area contributed by atoms with Gasteiger partial charge in [0.1, 0.15) is 24.7 Å². The third-order valence-electron chi connectivity index (χ3n) is 3.18. The molecule has 0 radical (unpaired) electrons. The first-order valence-corrected chi connectivity index (χ1v) is 9.87. The number of phenols is 2. The maximum absolute atomic E-state index is 8.63. The minimum Gasteiger partial charge on any atom is -0.508 e. The third kappa shape index (κ3) is 23.1. The second-order valence-corrected chi connectivity index (χ2v) is 5.58. The van der Waals surface area contributed by atoms with Gasteiger partial charge in [0.15, 0.2) is 0 Å². The maximum atomic E-state index is 8.63. The highest BCUT2D eigenvalue weighted by atomic mass is 16.6. The van der Waals surface area contributed by atoms with Gasteiger partial charge in [-0.2, -0.15) is 0 Å². The molecule has 0 aliphatic rings. The highest BCUT2D eigenvalue weighted by molar-refractivity contribution is 5.19. The molecular formula is C24H34O7. The molecule has 0 fully saturated rings. The van der Waals surface area contributed by atoms with Crippen LogP contribution in [0.1, 0.15) is 0 Å². The van der Waals surface area contributed by atoms with Gasteiger partial charge in [0, 0.05) is 0 Å². The molecule has 7 nitrogen and oxygen atoms in total. The van der Waals surface area contributed by atoms with Crippen molar-refractivity contribution in [3.63, 3.8) is 0 Å². The molecule has 2 aromatic rings. The van der Waals surface area contributed by atoms with E-state index in [1.54, 1.807) is 48.5 Å². The first-order valence-electron chi connectivity index (χ1n) is 9.87. The fourth-order valence-electron chi connectivity index (χ4n) is 1.78. The van der Waals surface area contributed by atoms with Gasteiger partial charge in [0.25, 0.3) is 0 Å². The standard InChI is InChI=1S/C12H22O5.2C6H6O/c1-3-13-5-7-15-9-11-17-12-10-16-8-6-14-4-2;2*7-6-4-2-1-3-5-6/h3-4H,1-2,5-12H2;2*1-5,7H. The highest BCUT2D eigenvalue weighted by Gasteiger charge is 1.91. The SMILES string of the molecule is C=COCCOCCOCCOCCOC=C.Oc1ccccc1.Oc1ccccc1. The fraction of sp³-hybridized carbons (Fsp3) is 0.333. The summed E-state index contributed by atoms with van der Waals surface area (Å²) in [5.74, 6) is 0.644. The summed E-state index contributed by atoms with van der Waals surface area (Å²) in [4.78, 5) is 0. The summed E-state index contributed by atoms with van der Waals surface area (Å²) in [6, 6.07) is 17.4. The van der Waals surface area contributed by atoms with Crippen LogP contribution in [0.5, 0.6) is 11.5 Å². The minimum atomic E-state index is 0.322. The lowest BCUT2D eigenvalue weighted by atomic mass is 10.3. The molecule has 0 amide bonds. The minimum absolute atomic E-state index is 0.322. The zero-order valence-electron chi connectivity index (χ0n) is 17.9. The Morgan fingerprint density at radius 3 is 1.03 bits per heavy atom. The third-order valence-corrected chi connectivity index (χ3v) is 3.18. The topological polar surface area (TPSA) is 86.6 Å². The van der Waals surface area contributed by atoms with E-state index in [0.29, 0.717) is 64.4 Å². The largest absolute Gasteiger partial charge is 0.508 e. The molecule has 0 bridgehead atoms. The number of benzene rings is 2. The summed E-state index contributed by atoms with van der Waals surface area (Å²) >= 11 is 0. The molecule has 31 heavy (non-hydrogen) atoms. The molecule has 0 saturated carbocycles. The molecule has 0 aliphatic heterocycles. The smallest absolute Gasteiger partial charge is 0.115 e. The van der Waals surface area contributed by atoms with Crippen LogP contribution in [0.25, 0.3) is 0 Å². The molecule has 0 unspecified atom stereocenters. The van der Waals surface area contributed by atoms with E-state index in [0.717, 1.165) is 0 Å². The quantitative estimate of drug-likeness (QED) is 0.341. The van der Waals surface area contributed by atoms with Gasteiger partial charge >= 0.3 is 0 Å². The normalized spacial score (nSPS) is 9.29. The van der Waals surface area contributed by atoms with Crippen molar-refractivity contribution < 1.29 is 33.9 Å². The van der Waals surface area contributed by atoms with E-state index in [9.17, 15) is 0 Å². The zero-order valence-corrected chi connectivity index (χ0v) is 17.9. The Bertz CT molecular complexity index is 565. The number of phenolic OH excluding ortho intramolecular Hbond substituents is 2. The van der Waals surface area contributed by atoms with Crippen LogP contribution in [0.3, 0.4) is 0 Å². The van der Waals surface area contributed by atoms with Crippen molar-refractivity contribution in [2.45, 2.75) is 0 Å². The monoisotopic (exact) mass is 434 g/mol. The molecule has 7 heteroatoms. The lowest BCUT2D eigenvalue weighted by molar-refractivity contribution is 0.000518. The summed E-state index contributed by atoms with van der Waals surface area (Å²) in [6.07, 6.45) is 2.79. The molecule has 0 saturated heterocycles. The fourth-order valence-corrected chi connectivity index (χ4v) is 1.78. The van der Waals surface area contributed by atoms with Crippen molar-refractivity contribution in [2.24, 2.45) is 0 Å². The number of hydrogen-bond acceptors (Lipinski definition) is 7. The molecule has 0 spiro atoms. The van der Waals surface area contributed by atoms with Crippen molar-refractivity contribution in [1.29, 1.82) is 0 Å². The summed E-state index contributed by atoms with van der Waals surface area (Å²) in [7, 11) is 0. The van der Waals surface area contributed by atoms with Crippen molar-refractivity contribution in [2.75, 3.05) is 52.9 Å². The highest BCUT2D eigenvalue weighted by Crippen LogP contribution is 2.03. The molecule has 0 atom stereocenters. The summed E-state index contributed by atoms with van der Waals surface area (Å²) in [6.45, 7) is 11.2. The van der Waals surface area contributed by atoms with Gasteiger partial charge in [-0.05, 0) is 24.3 Å². The summed E-state index contributed by atoms with van der Waals surface area (Å²) in [5, 5.41) is 17.3. The Hall–Kier alpha value is -3.00. The Morgan fingerprint density at radius 1 is 0.516 bits per heavy atom. The van der Waals surface area contributed by atoms with Gasteiger partial charge in [-0.15, -0.1) is 0 Å². The predicted octanol–water partition coefficient (Wildman–Crippen LogP) is 4.14. The molecule has 172 valence electrons. The number of para-hydroxylation sites is 2. The van der Waals surface area contributed by atoms with Gasteiger partial charge < -0.3 is 33.9 Å². The molecule has 0 aromatic heterocycles. The maximum Gasteiger partial charge on any atom is 0.115 e. The van der Waals surface area contributed by atoms with Crippen LogP contribution in [0.15, 0.2) is 86.3 Å². The number of aromatic hydroxyl groups is 2. The number of hydrogen-bond donors (Lipinski definition) is 2. The average Bonchev–Trinajstić information content (AvgIpc) is 2.79. The van der Waals surface area contributed by atoms with Crippen LogP contribution in [0.2, 0.25) is 0 Å². The van der Waals surface area contributed by atoms with Gasteiger partial charge in [0.05, 0.1) is 52.2 Å². The zero-order chi connectivity index (χ0) is 22.8. The van der Waals surface area contributed by atoms with Crippen molar-refractivity contribution in [1.82, 2.24) is 0 Å². The van der Waals surface area contributed by atoms with E-state index >= 15 is 0 Å².